The van der Waals surface area contributed by atoms with Crippen LogP contribution < -0.4 is 11.2 Å². The SMILES string of the molecule is O=C(OC[C@H]1O[C@@H](n2c(=O)c3nccnc3n([C@@H]3O[C@H](COC(=O)c4ccccc4)[C@@H](OC(=O)c4ccccc4)[C@@H]3OC(=O)c3ccccc3)c2=O)[C@@H](OC(=O)c2ccccc2)[C@@H]1OC(=O)c1ccccc1)c1ccccc1. The Kier molecular flexibility index (Phi) is 15.4. The molecule has 8 atom stereocenters. The minimum atomic E-state index is -2.04. The molecule has 2 aliphatic heterocycles. The number of aromatic nitrogens is 4. The Labute approximate surface area is 442 Å². The van der Waals surface area contributed by atoms with Crippen LogP contribution in [-0.2, 0) is 37.9 Å². The molecule has 10 rings (SSSR count). The number of hydrogen-bond acceptors (Lipinski definition) is 18. The van der Waals surface area contributed by atoms with Crippen LogP contribution in [0.15, 0.2) is 204 Å². The van der Waals surface area contributed by atoms with Crippen molar-refractivity contribution in [3.05, 3.63) is 249 Å². The van der Waals surface area contributed by atoms with Gasteiger partial charge in [-0.15, -0.1) is 0 Å². The molecule has 0 radical (unpaired) electrons. The van der Waals surface area contributed by atoms with E-state index in [9.17, 15) is 28.8 Å². The van der Waals surface area contributed by atoms with E-state index in [-0.39, 0.29) is 33.4 Å². The highest BCUT2D eigenvalue weighted by molar-refractivity contribution is 5.92. The minimum absolute atomic E-state index is 0.00926. The molecule has 2 saturated heterocycles. The minimum Gasteiger partial charge on any atom is -0.459 e. The zero-order valence-corrected chi connectivity index (χ0v) is 40.8. The van der Waals surface area contributed by atoms with E-state index in [2.05, 4.69) is 9.97 Å². The zero-order valence-electron chi connectivity index (χ0n) is 40.8. The van der Waals surface area contributed by atoms with Crippen molar-refractivity contribution in [3.63, 3.8) is 0 Å². The van der Waals surface area contributed by atoms with Crippen molar-refractivity contribution in [2.75, 3.05) is 13.2 Å². The second kappa shape index (κ2) is 23.3. The average molecular weight is 1050 g/mol. The maximum atomic E-state index is 15.8. The van der Waals surface area contributed by atoms with Gasteiger partial charge in [-0.05, 0) is 72.8 Å². The van der Waals surface area contributed by atoms with Crippen molar-refractivity contribution >= 4 is 47.0 Å². The van der Waals surface area contributed by atoms with E-state index in [0.717, 1.165) is 10.8 Å². The van der Waals surface area contributed by atoms with Crippen LogP contribution in [0.1, 0.15) is 74.6 Å². The molecular formula is C58H44N4O16. The molecule has 0 unspecified atom stereocenters. The first-order valence-electron chi connectivity index (χ1n) is 24.3. The van der Waals surface area contributed by atoms with E-state index in [1.54, 1.807) is 109 Å². The van der Waals surface area contributed by atoms with Crippen LogP contribution in [0.4, 0.5) is 0 Å². The predicted octanol–water partition coefficient (Wildman–Crippen LogP) is 6.36. The van der Waals surface area contributed by atoms with Crippen LogP contribution in [0, 0.1) is 0 Å². The van der Waals surface area contributed by atoms with Crippen LogP contribution in [0.2, 0.25) is 0 Å². The van der Waals surface area contributed by atoms with E-state index in [4.69, 9.17) is 37.9 Å². The lowest BCUT2D eigenvalue weighted by Gasteiger charge is -2.27. The molecule has 78 heavy (non-hydrogen) atoms. The predicted molar refractivity (Wildman–Crippen MR) is 272 cm³/mol. The summed E-state index contributed by atoms with van der Waals surface area (Å²) < 4.78 is 50.3. The summed E-state index contributed by atoms with van der Waals surface area (Å²) in [7, 11) is 0. The number of nitrogens with zero attached hydrogens (tertiary/aromatic N) is 4. The third-order valence-corrected chi connectivity index (χ3v) is 12.6. The molecule has 392 valence electrons. The smallest absolute Gasteiger partial charge is 0.338 e. The summed E-state index contributed by atoms with van der Waals surface area (Å²) in [6.45, 7) is -1.34. The van der Waals surface area contributed by atoms with Crippen molar-refractivity contribution < 1.29 is 66.7 Å². The fourth-order valence-electron chi connectivity index (χ4n) is 8.85. The van der Waals surface area contributed by atoms with Gasteiger partial charge in [0, 0.05) is 12.4 Å². The van der Waals surface area contributed by atoms with E-state index in [1.807, 2.05) is 0 Å². The Hall–Kier alpha value is -9.92. The summed E-state index contributed by atoms with van der Waals surface area (Å²) in [4.78, 5) is 123. The summed E-state index contributed by atoms with van der Waals surface area (Å²) in [6, 6.07) is 46.7. The summed E-state index contributed by atoms with van der Waals surface area (Å²) >= 11 is 0. The summed E-state index contributed by atoms with van der Waals surface area (Å²) in [5, 5.41) is 0. The van der Waals surface area contributed by atoms with Gasteiger partial charge in [0.05, 0.1) is 33.4 Å². The number of carbonyl (C=O) groups is 6. The topological polar surface area (TPSA) is 246 Å². The van der Waals surface area contributed by atoms with Crippen LogP contribution in [-0.4, -0.2) is 105 Å². The van der Waals surface area contributed by atoms with Crippen LogP contribution >= 0.6 is 0 Å². The highest BCUT2D eigenvalue weighted by Crippen LogP contribution is 2.38. The first-order chi connectivity index (χ1) is 38.0. The molecule has 8 aromatic rings. The van der Waals surface area contributed by atoms with Crippen molar-refractivity contribution in [1.29, 1.82) is 0 Å². The maximum absolute atomic E-state index is 15.8. The highest BCUT2D eigenvalue weighted by Gasteiger charge is 2.55. The molecule has 0 spiro atoms. The maximum Gasteiger partial charge on any atom is 0.338 e. The Morgan fingerprint density at radius 2 is 0.679 bits per heavy atom. The van der Waals surface area contributed by atoms with Gasteiger partial charge >= 0.3 is 41.5 Å². The van der Waals surface area contributed by atoms with E-state index in [0.29, 0.717) is 4.57 Å². The summed E-state index contributed by atoms with van der Waals surface area (Å²) in [5.74, 6) is -5.49. The molecule has 0 saturated carbocycles. The quantitative estimate of drug-likeness (QED) is 0.0754. The Morgan fingerprint density at radius 1 is 0.385 bits per heavy atom. The monoisotopic (exact) mass is 1050 g/mol. The lowest BCUT2D eigenvalue weighted by atomic mass is 10.1. The number of benzene rings is 6. The second-order valence-electron chi connectivity index (χ2n) is 17.6. The third kappa shape index (κ3) is 11.1. The molecule has 0 N–H and O–H groups in total. The molecule has 2 fully saturated rings. The van der Waals surface area contributed by atoms with Gasteiger partial charge in [0.25, 0.3) is 5.56 Å². The molecule has 20 heteroatoms. The van der Waals surface area contributed by atoms with Crippen molar-refractivity contribution in [2.24, 2.45) is 0 Å². The summed E-state index contributed by atoms with van der Waals surface area (Å²) in [5.41, 5.74) is -3.00. The van der Waals surface area contributed by atoms with E-state index in [1.165, 1.54) is 79.0 Å². The highest BCUT2D eigenvalue weighted by atomic mass is 16.7. The molecule has 4 heterocycles. The Bertz CT molecular complexity index is 3590. The van der Waals surface area contributed by atoms with E-state index < -0.39 is 121 Å². The number of fused-ring (bicyclic) bond motifs is 1. The fourth-order valence-corrected chi connectivity index (χ4v) is 8.85. The van der Waals surface area contributed by atoms with Crippen molar-refractivity contribution in [2.45, 2.75) is 49.1 Å². The van der Waals surface area contributed by atoms with Crippen molar-refractivity contribution in [3.8, 4) is 0 Å². The molecule has 0 amide bonds. The lowest BCUT2D eigenvalue weighted by Crippen LogP contribution is -2.50. The Morgan fingerprint density at radius 3 is 1.03 bits per heavy atom. The van der Waals surface area contributed by atoms with Crippen molar-refractivity contribution in [1.82, 2.24) is 19.1 Å². The van der Waals surface area contributed by atoms with Crippen LogP contribution in [0.25, 0.3) is 11.2 Å². The molecule has 0 aliphatic carbocycles. The first kappa shape index (κ1) is 51.6. The molecular weight excluding hydrogens is 1010 g/mol. The first-order valence-corrected chi connectivity index (χ1v) is 24.3. The normalized spacial score (nSPS) is 20.5. The second-order valence-corrected chi connectivity index (χ2v) is 17.6. The van der Waals surface area contributed by atoms with Gasteiger partial charge in [0.1, 0.15) is 25.4 Å². The molecule has 20 nitrogen and oxygen atoms in total. The lowest BCUT2D eigenvalue weighted by molar-refractivity contribution is -0.0744. The van der Waals surface area contributed by atoms with Gasteiger partial charge < -0.3 is 37.9 Å². The fraction of sp³-hybridized carbons (Fsp3) is 0.172. The average Bonchev–Trinajstić information content (AvgIpc) is 4.21. The molecule has 6 aromatic carbocycles. The standard InChI is InChI=1S/C58H44N4O16/c63-49-43-48(60-32-31-59-43)61(50-46(77-56(68)39-27-15-5-16-28-39)44(75-54(66)37-23-11-3-12-24-37)41(73-50)33-71-52(64)35-19-7-1-8-20-35)58(70)62(49)51-47(78-57(69)40-29-17-6-18-30-40)45(76-55(67)38-25-13-4-14-26-38)42(74-51)34-72-53(65)36-21-9-2-10-22-36/h1-32,41-42,44-47,50-51H,33-34H2/t41-,42-,44-,45-,46+,47+,50-,51-/m1/s1. The number of esters is 6. The van der Waals surface area contributed by atoms with Gasteiger partial charge in [-0.1, -0.05) is 109 Å². The largest absolute Gasteiger partial charge is 0.459 e. The number of carbonyl (C=O) groups excluding carboxylic acids is 6. The van der Waals surface area contributed by atoms with Gasteiger partial charge in [-0.2, -0.15) is 0 Å². The zero-order chi connectivity index (χ0) is 54.1. The third-order valence-electron chi connectivity index (χ3n) is 12.6. The number of rotatable bonds is 16. The molecule has 0 bridgehead atoms. The molecule has 2 aliphatic rings. The van der Waals surface area contributed by atoms with Gasteiger partial charge in [-0.25, -0.2) is 52.7 Å². The van der Waals surface area contributed by atoms with Gasteiger partial charge in [-0.3, -0.25) is 4.79 Å². The van der Waals surface area contributed by atoms with Gasteiger partial charge in [0.15, 0.2) is 48.0 Å². The number of ether oxygens (including phenoxy) is 8. The van der Waals surface area contributed by atoms with Crippen LogP contribution in [0.5, 0.6) is 0 Å². The van der Waals surface area contributed by atoms with E-state index >= 15 is 9.59 Å². The number of hydrogen-bond donors (Lipinski definition) is 0. The Balaban J connectivity index is 1.12. The molecule has 2 aromatic heterocycles. The summed E-state index contributed by atoms with van der Waals surface area (Å²) in [6.07, 6.45) is -11.8. The van der Waals surface area contributed by atoms with Gasteiger partial charge in [0.2, 0.25) is 0 Å². The van der Waals surface area contributed by atoms with Crippen LogP contribution in [0.3, 0.4) is 0 Å².